The molecule has 7 heteroatoms. The largest absolute Gasteiger partial charge is 0.416 e. The van der Waals surface area contributed by atoms with E-state index >= 15 is 0 Å². The fourth-order valence-electron chi connectivity index (χ4n) is 2.06. The number of benzene rings is 2. The molecule has 0 bridgehead atoms. The Morgan fingerprint density at radius 3 is 2.50 bits per heavy atom. The Labute approximate surface area is 140 Å². The maximum atomic E-state index is 12.7. The first-order valence-corrected chi connectivity index (χ1v) is 7.75. The van der Waals surface area contributed by atoms with Gasteiger partial charge in [-0.05, 0) is 47.7 Å². The van der Waals surface area contributed by atoms with Gasteiger partial charge in [-0.2, -0.15) is 13.2 Å². The van der Waals surface area contributed by atoms with Gasteiger partial charge in [0.25, 0.3) is 5.91 Å². The molecule has 24 heavy (non-hydrogen) atoms. The summed E-state index contributed by atoms with van der Waals surface area (Å²) in [6.07, 6.45) is -3.00. The molecule has 0 radical (unpaired) electrons. The van der Waals surface area contributed by atoms with E-state index < -0.39 is 11.7 Å². The maximum Gasteiger partial charge on any atom is 0.416 e. The van der Waals surface area contributed by atoms with Crippen LogP contribution in [-0.2, 0) is 11.0 Å². The average molecular weight is 348 g/mol. The summed E-state index contributed by atoms with van der Waals surface area (Å²) >= 11 is 1.09. The third-order valence-corrected chi connectivity index (χ3v) is 4.06. The van der Waals surface area contributed by atoms with Crippen LogP contribution in [0.15, 0.2) is 64.5 Å². The lowest BCUT2D eigenvalue weighted by Crippen LogP contribution is -2.19. The molecule has 2 aromatic carbocycles. The second kappa shape index (κ2) is 6.52. The molecule has 3 rings (SSSR count). The van der Waals surface area contributed by atoms with Crippen molar-refractivity contribution in [3.63, 3.8) is 0 Å². The van der Waals surface area contributed by atoms with Crippen LogP contribution >= 0.6 is 11.8 Å². The fourth-order valence-corrected chi connectivity index (χ4v) is 2.90. The van der Waals surface area contributed by atoms with Gasteiger partial charge in [0.15, 0.2) is 5.17 Å². The Balaban J connectivity index is 1.84. The lowest BCUT2D eigenvalue weighted by Gasteiger charge is -2.06. The van der Waals surface area contributed by atoms with Crippen LogP contribution in [0.25, 0.3) is 6.08 Å². The van der Waals surface area contributed by atoms with Crippen LogP contribution in [-0.4, -0.2) is 11.1 Å². The lowest BCUT2D eigenvalue weighted by atomic mass is 10.1. The molecule has 1 fully saturated rings. The van der Waals surface area contributed by atoms with E-state index in [-0.39, 0.29) is 5.91 Å². The van der Waals surface area contributed by atoms with E-state index in [1.165, 1.54) is 18.2 Å². The molecule has 2 aromatic rings. The molecule has 0 aromatic heterocycles. The third kappa shape index (κ3) is 3.86. The first kappa shape index (κ1) is 16.3. The van der Waals surface area contributed by atoms with Crippen LogP contribution < -0.4 is 5.32 Å². The zero-order chi connectivity index (χ0) is 17.2. The molecule has 1 N–H and O–H groups in total. The number of amides is 1. The van der Waals surface area contributed by atoms with Gasteiger partial charge in [0.1, 0.15) is 0 Å². The predicted octanol–water partition coefficient (Wildman–Crippen LogP) is 4.60. The SMILES string of the molecule is O=C1NC(=Nc2ccccc2)S/C1=C\c1cccc(C(F)(F)F)c1. The van der Waals surface area contributed by atoms with E-state index in [9.17, 15) is 18.0 Å². The molecule has 0 spiro atoms. The molecule has 1 aliphatic heterocycles. The zero-order valence-corrected chi connectivity index (χ0v) is 13.0. The van der Waals surface area contributed by atoms with Gasteiger partial charge in [0.05, 0.1) is 16.2 Å². The Hall–Kier alpha value is -2.54. The minimum atomic E-state index is -4.42. The second-order valence-corrected chi connectivity index (χ2v) is 5.97. The Kier molecular flexibility index (Phi) is 4.44. The summed E-state index contributed by atoms with van der Waals surface area (Å²) in [7, 11) is 0. The molecule has 122 valence electrons. The highest BCUT2D eigenvalue weighted by Gasteiger charge is 2.30. The number of alkyl halides is 3. The summed E-state index contributed by atoms with van der Waals surface area (Å²) in [5.74, 6) is -0.382. The first-order valence-electron chi connectivity index (χ1n) is 6.94. The molecular weight excluding hydrogens is 337 g/mol. The summed E-state index contributed by atoms with van der Waals surface area (Å²) in [6, 6.07) is 13.9. The molecule has 1 heterocycles. The van der Waals surface area contributed by atoms with Crippen molar-refractivity contribution in [1.82, 2.24) is 5.32 Å². The van der Waals surface area contributed by atoms with Crippen LogP contribution in [0.3, 0.4) is 0 Å². The van der Waals surface area contributed by atoms with Crippen molar-refractivity contribution in [3.05, 3.63) is 70.6 Å². The van der Waals surface area contributed by atoms with Crippen molar-refractivity contribution in [2.45, 2.75) is 6.18 Å². The van der Waals surface area contributed by atoms with Gasteiger partial charge >= 0.3 is 6.18 Å². The molecular formula is C17H11F3N2OS. The molecule has 1 amide bonds. The molecule has 0 saturated carbocycles. The molecule has 3 nitrogen and oxygen atoms in total. The number of hydrogen-bond donors (Lipinski definition) is 1. The quantitative estimate of drug-likeness (QED) is 0.806. The van der Waals surface area contributed by atoms with E-state index in [1.54, 1.807) is 12.1 Å². The highest BCUT2D eigenvalue weighted by atomic mass is 32.2. The number of nitrogens with one attached hydrogen (secondary N) is 1. The van der Waals surface area contributed by atoms with E-state index in [1.807, 2.05) is 18.2 Å². The minimum Gasteiger partial charge on any atom is -0.300 e. The summed E-state index contributed by atoms with van der Waals surface area (Å²) in [5, 5.41) is 2.99. The number of aliphatic imine (C=N–C) groups is 1. The zero-order valence-electron chi connectivity index (χ0n) is 12.2. The fraction of sp³-hybridized carbons (Fsp3) is 0.0588. The second-order valence-electron chi connectivity index (χ2n) is 4.94. The highest BCUT2D eigenvalue weighted by Crippen LogP contribution is 2.32. The summed E-state index contributed by atoms with van der Waals surface area (Å²) in [4.78, 5) is 16.5. The number of nitrogens with zero attached hydrogens (tertiary/aromatic N) is 1. The normalized spacial score (nSPS) is 18.2. The van der Waals surface area contributed by atoms with Crippen LogP contribution in [0.1, 0.15) is 11.1 Å². The predicted molar refractivity (Wildman–Crippen MR) is 88.7 cm³/mol. The highest BCUT2D eigenvalue weighted by molar-refractivity contribution is 8.18. The Morgan fingerprint density at radius 1 is 1.04 bits per heavy atom. The van der Waals surface area contributed by atoms with Crippen molar-refractivity contribution in [3.8, 4) is 0 Å². The van der Waals surface area contributed by atoms with Crippen LogP contribution in [0.5, 0.6) is 0 Å². The van der Waals surface area contributed by atoms with Gasteiger partial charge in [0, 0.05) is 0 Å². The molecule has 0 unspecified atom stereocenters. The minimum absolute atomic E-state index is 0.295. The number of amidine groups is 1. The van der Waals surface area contributed by atoms with Crippen molar-refractivity contribution in [2.24, 2.45) is 4.99 Å². The summed E-state index contributed by atoms with van der Waals surface area (Å²) < 4.78 is 38.2. The number of thioether (sulfide) groups is 1. The lowest BCUT2D eigenvalue weighted by molar-refractivity contribution is -0.137. The van der Waals surface area contributed by atoms with Crippen LogP contribution in [0, 0.1) is 0 Å². The van der Waals surface area contributed by atoms with Crippen molar-refractivity contribution < 1.29 is 18.0 Å². The van der Waals surface area contributed by atoms with Crippen LogP contribution in [0.2, 0.25) is 0 Å². The van der Waals surface area contributed by atoms with Crippen molar-refractivity contribution in [1.29, 1.82) is 0 Å². The van der Waals surface area contributed by atoms with E-state index in [4.69, 9.17) is 0 Å². The number of hydrogen-bond acceptors (Lipinski definition) is 3. The van der Waals surface area contributed by atoms with Gasteiger partial charge in [-0.1, -0.05) is 30.3 Å². The Bertz CT molecular complexity index is 829. The number of rotatable bonds is 2. The van der Waals surface area contributed by atoms with E-state index in [2.05, 4.69) is 10.3 Å². The standard InChI is InChI=1S/C17H11F3N2OS/c18-17(19,20)12-6-4-5-11(9-12)10-14-15(23)22-16(24-14)21-13-7-2-1-3-8-13/h1-10H,(H,21,22,23)/b14-10-. The number of halogens is 3. The molecule has 1 saturated heterocycles. The molecule has 1 aliphatic rings. The first-order chi connectivity index (χ1) is 11.4. The Morgan fingerprint density at radius 2 is 1.79 bits per heavy atom. The smallest absolute Gasteiger partial charge is 0.300 e. The van der Waals surface area contributed by atoms with Crippen molar-refractivity contribution >= 4 is 34.6 Å². The van der Waals surface area contributed by atoms with Gasteiger partial charge in [0.2, 0.25) is 0 Å². The van der Waals surface area contributed by atoms with Gasteiger partial charge in [-0.15, -0.1) is 0 Å². The number of carbonyl (C=O) groups excluding carboxylic acids is 1. The van der Waals surface area contributed by atoms with E-state index in [0.29, 0.717) is 21.3 Å². The summed E-state index contributed by atoms with van der Waals surface area (Å²) in [6.45, 7) is 0. The maximum absolute atomic E-state index is 12.7. The molecule has 0 aliphatic carbocycles. The van der Waals surface area contributed by atoms with E-state index in [0.717, 1.165) is 23.9 Å². The molecule has 0 atom stereocenters. The van der Waals surface area contributed by atoms with Gasteiger partial charge < -0.3 is 5.32 Å². The summed E-state index contributed by atoms with van der Waals surface area (Å²) in [5.41, 5.74) is 0.238. The number of para-hydroxylation sites is 1. The topological polar surface area (TPSA) is 41.5 Å². The van der Waals surface area contributed by atoms with Crippen LogP contribution in [0.4, 0.5) is 18.9 Å². The van der Waals surface area contributed by atoms with Gasteiger partial charge in [-0.3, -0.25) is 4.79 Å². The van der Waals surface area contributed by atoms with Crippen molar-refractivity contribution in [2.75, 3.05) is 0 Å². The number of carbonyl (C=O) groups is 1. The third-order valence-electron chi connectivity index (χ3n) is 3.15. The van der Waals surface area contributed by atoms with Gasteiger partial charge in [-0.25, -0.2) is 4.99 Å². The monoisotopic (exact) mass is 348 g/mol. The average Bonchev–Trinajstić information content (AvgIpc) is 2.87.